The van der Waals surface area contributed by atoms with Crippen molar-refractivity contribution in [2.45, 2.75) is 38.7 Å². The minimum Gasteiger partial charge on any atom is -0.497 e. The largest absolute Gasteiger partial charge is 0.497 e. The monoisotopic (exact) mass is 433 g/mol. The molecule has 1 aliphatic heterocycles. The van der Waals surface area contributed by atoms with Gasteiger partial charge in [-0.2, -0.15) is 0 Å². The Morgan fingerprint density at radius 1 is 1.06 bits per heavy atom. The molecule has 0 spiro atoms. The van der Waals surface area contributed by atoms with Gasteiger partial charge in [0.2, 0.25) is 0 Å². The number of ketones is 1. The number of allylic oxidation sites excluding steroid dienone is 3. The lowest BCUT2D eigenvalue weighted by atomic mass is 9.75. The number of methoxy groups -OCH3 is 2. The molecule has 1 atom stereocenters. The molecule has 1 aliphatic carbocycles. The maximum Gasteiger partial charge on any atom is 0.337 e. The second kappa shape index (κ2) is 9.30. The molecule has 1 heterocycles. The van der Waals surface area contributed by atoms with Gasteiger partial charge in [0.05, 0.1) is 25.7 Å². The van der Waals surface area contributed by atoms with Gasteiger partial charge in [0, 0.05) is 29.0 Å². The Balaban J connectivity index is 1.79. The molecule has 0 amide bonds. The van der Waals surface area contributed by atoms with Gasteiger partial charge in [0.25, 0.3) is 0 Å². The van der Waals surface area contributed by atoms with Crippen LogP contribution in [0.4, 0.5) is 0 Å². The topological polar surface area (TPSA) is 73.9 Å². The van der Waals surface area contributed by atoms with Gasteiger partial charge in [0.1, 0.15) is 18.1 Å². The molecule has 2 aromatic carbocycles. The Kier molecular flexibility index (Phi) is 6.30. The van der Waals surface area contributed by atoms with E-state index in [0.717, 1.165) is 24.1 Å². The van der Waals surface area contributed by atoms with Crippen LogP contribution in [-0.2, 0) is 20.9 Å². The van der Waals surface area contributed by atoms with E-state index in [1.165, 1.54) is 0 Å². The van der Waals surface area contributed by atoms with Gasteiger partial charge < -0.3 is 19.5 Å². The average Bonchev–Trinajstić information content (AvgIpc) is 2.82. The van der Waals surface area contributed by atoms with Crippen molar-refractivity contribution in [1.29, 1.82) is 0 Å². The Bertz CT molecular complexity index is 1100. The first-order valence-electron chi connectivity index (χ1n) is 10.7. The lowest BCUT2D eigenvalue weighted by molar-refractivity contribution is -0.140. The van der Waals surface area contributed by atoms with Crippen molar-refractivity contribution in [3.05, 3.63) is 82.2 Å². The van der Waals surface area contributed by atoms with Crippen molar-refractivity contribution in [2.24, 2.45) is 0 Å². The highest BCUT2D eigenvalue weighted by atomic mass is 16.5. The number of hydrogen-bond acceptors (Lipinski definition) is 6. The first-order chi connectivity index (χ1) is 15.5. The zero-order chi connectivity index (χ0) is 22.7. The van der Waals surface area contributed by atoms with E-state index in [1.54, 1.807) is 26.4 Å². The molecule has 1 unspecified atom stereocenters. The normalized spacial score (nSPS) is 18.1. The first kappa shape index (κ1) is 21.7. The molecular formula is C26H27NO5. The van der Waals surface area contributed by atoms with E-state index < -0.39 is 11.9 Å². The number of Topliss-reactive ketones (excluding diaryl/α,β-unsaturated/α-hetero) is 1. The van der Waals surface area contributed by atoms with Crippen LogP contribution in [0.25, 0.3) is 0 Å². The average molecular weight is 434 g/mol. The predicted molar refractivity (Wildman–Crippen MR) is 120 cm³/mol. The number of hydrogen-bond donors (Lipinski definition) is 1. The number of carbonyl (C=O) groups excluding carboxylic acids is 2. The number of ether oxygens (including phenoxy) is 3. The second-order valence-electron chi connectivity index (χ2n) is 7.94. The third kappa shape index (κ3) is 4.13. The van der Waals surface area contributed by atoms with Crippen LogP contribution >= 0.6 is 0 Å². The van der Waals surface area contributed by atoms with Gasteiger partial charge in [-0.25, -0.2) is 4.79 Å². The van der Waals surface area contributed by atoms with Crippen molar-refractivity contribution in [3.63, 3.8) is 0 Å². The maximum absolute atomic E-state index is 13.4. The number of carbonyl (C=O) groups is 2. The number of rotatable bonds is 6. The lowest BCUT2D eigenvalue weighted by Crippen LogP contribution is -2.34. The third-order valence-corrected chi connectivity index (χ3v) is 5.96. The molecule has 4 rings (SSSR count). The van der Waals surface area contributed by atoms with Crippen molar-refractivity contribution < 1.29 is 23.8 Å². The molecule has 0 bridgehead atoms. The van der Waals surface area contributed by atoms with Crippen LogP contribution in [0.5, 0.6) is 11.5 Å². The minimum absolute atomic E-state index is 0.0366. The van der Waals surface area contributed by atoms with Crippen LogP contribution in [0, 0.1) is 0 Å². The molecule has 6 nitrogen and oxygen atoms in total. The third-order valence-electron chi connectivity index (χ3n) is 5.96. The highest BCUT2D eigenvalue weighted by Crippen LogP contribution is 2.46. The molecular weight excluding hydrogens is 406 g/mol. The molecule has 0 saturated carbocycles. The highest BCUT2D eigenvalue weighted by molar-refractivity contribution is 6.04. The summed E-state index contributed by atoms with van der Waals surface area (Å²) in [7, 11) is 3.16. The summed E-state index contributed by atoms with van der Waals surface area (Å²) in [4.78, 5) is 26.5. The Hall–Kier alpha value is -3.54. The predicted octanol–water partition coefficient (Wildman–Crippen LogP) is 4.42. The molecule has 6 heteroatoms. The van der Waals surface area contributed by atoms with E-state index >= 15 is 0 Å². The molecule has 166 valence electrons. The van der Waals surface area contributed by atoms with Crippen LogP contribution in [-0.4, -0.2) is 26.0 Å². The van der Waals surface area contributed by atoms with Crippen molar-refractivity contribution >= 4 is 11.8 Å². The molecule has 1 N–H and O–H groups in total. The van der Waals surface area contributed by atoms with E-state index in [-0.39, 0.29) is 12.4 Å². The number of nitrogens with one attached hydrogen (secondary N) is 1. The zero-order valence-corrected chi connectivity index (χ0v) is 18.6. The van der Waals surface area contributed by atoms with Gasteiger partial charge in [-0.1, -0.05) is 30.3 Å². The van der Waals surface area contributed by atoms with Crippen LogP contribution in [0.2, 0.25) is 0 Å². The summed E-state index contributed by atoms with van der Waals surface area (Å²) in [5.74, 6) is 0.198. The van der Waals surface area contributed by atoms with Crippen LogP contribution in [0.1, 0.15) is 43.2 Å². The lowest BCUT2D eigenvalue weighted by Gasteiger charge is -2.34. The van der Waals surface area contributed by atoms with Crippen molar-refractivity contribution in [1.82, 2.24) is 5.32 Å². The molecule has 0 aromatic heterocycles. The van der Waals surface area contributed by atoms with Gasteiger partial charge in [-0.3, -0.25) is 4.79 Å². The molecule has 2 aliphatic rings. The Labute approximate surface area is 187 Å². The maximum atomic E-state index is 13.4. The quantitative estimate of drug-likeness (QED) is 0.680. The zero-order valence-electron chi connectivity index (χ0n) is 18.6. The minimum atomic E-state index is -0.590. The summed E-state index contributed by atoms with van der Waals surface area (Å²) in [6, 6.07) is 14.9. The first-order valence-corrected chi connectivity index (χ1v) is 10.7. The fraction of sp³-hybridized carbons (Fsp3) is 0.308. The fourth-order valence-corrected chi connectivity index (χ4v) is 4.43. The van der Waals surface area contributed by atoms with Crippen LogP contribution < -0.4 is 14.8 Å². The smallest absolute Gasteiger partial charge is 0.337 e. The summed E-state index contributed by atoms with van der Waals surface area (Å²) in [5.41, 5.74) is 4.19. The summed E-state index contributed by atoms with van der Waals surface area (Å²) in [6.45, 7) is 2.00. The summed E-state index contributed by atoms with van der Waals surface area (Å²) in [5, 5.41) is 3.31. The van der Waals surface area contributed by atoms with Crippen LogP contribution in [0.3, 0.4) is 0 Å². The van der Waals surface area contributed by atoms with E-state index in [1.807, 2.05) is 43.3 Å². The molecule has 2 aromatic rings. The summed E-state index contributed by atoms with van der Waals surface area (Å²) in [6.07, 6.45) is 2.00. The van der Waals surface area contributed by atoms with Crippen molar-refractivity contribution in [2.75, 3.05) is 14.2 Å². The van der Waals surface area contributed by atoms with E-state index in [0.29, 0.717) is 40.3 Å². The van der Waals surface area contributed by atoms with E-state index in [4.69, 9.17) is 14.2 Å². The van der Waals surface area contributed by atoms with Gasteiger partial charge >= 0.3 is 5.97 Å². The number of dihydropyridines is 1. The molecule has 0 saturated heterocycles. The SMILES string of the molecule is COc1ccc(OC)c(C2C(C(=O)OCc3ccccc3)=C(C)NC3=C2C(=O)CCC3)c1. The van der Waals surface area contributed by atoms with Gasteiger partial charge in [-0.15, -0.1) is 0 Å². The Morgan fingerprint density at radius 3 is 2.56 bits per heavy atom. The highest BCUT2D eigenvalue weighted by Gasteiger charge is 2.40. The van der Waals surface area contributed by atoms with Gasteiger partial charge in [0.15, 0.2) is 5.78 Å². The fourth-order valence-electron chi connectivity index (χ4n) is 4.43. The molecule has 32 heavy (non-hydrogen) atoms. The van der Waals surface area contributed by atoms with Gasteiger partial charge in [-0.05, 0) is 43.5 Å². The number of benzene rings is 2. The standard InChI is InChI=1S/C26H27NO5/c1-16-23(26(29)32-15-17-8-5-4-6-9-17)24(25-20(27-16)10-7-11-21(25)28)19-14-18(30-2)12-13-22(19)31-3/h4-6,8-9,12-14,24,27H,7,10-11,15H2,1-3H3. The van der Waals surface area contributed by atoms with E-state index in [9.17, 15) is 9.59 Å². The van der Waals surface area contributed by atoms with E-state index in [2.05, 4.69) is 5.32 Å². The number of esters is 1. The second-order valence-corrected chi connectivity index (χ2v) is 7.94. The van der Waals surface area contributed by atoms with Crippen LogP contribution in [0.15, 0.2) is 71.1 Å². The molecule has 0 fully saturated rings. The molecule has 0 radical (unpaired) electrons. The van der Waals surface area contributed by atoms with Crippen molar-refractivity contribution in [3.8, 4) is 11.5 Å². The summed E-state index contributed by atoms with van der Waals surface area (Å²) < 4.78 is 16.7. The summed E-state index contributed by atoms with van der Waals surface area (Å²) >= 11 is 0. The Morgan fingerprint density at radius 2 is 1.84 bits per heavy atom.